The van der Waals surface area contributed by atoms with Crippen molar-refractivity contribution in [2.45, 2.75) is 5.41 Å². The van der Waals surface area contributed by atoms with Gasteiger partial charge in [-0.2, -0.15) is 0 Å². The Morgan fingerprint density at radius 3 is 2.63 bits per heavy atom. The largest absolute Gasteiger partial charge is 0.497 e. The van der Waals surface area contributed by atoms with Gasteiger partial charge in [0, 0.05) is 6.54 Å². The molecule has 2 heterocycles. The van der Waals surface area contributed by atoms with E-state index in [9.17, 15) is 0 Å². The third-order valence-electron chi connectivity index (χ3n) is 3.63. The van der Waals surface area contributed by atoms with Crippen LogP contribution in [0.4, 0.5) is 0 Å². The molecule has 100 valence electrons. The first-order chi connectivity index (χ1) is 9.27. The molecular formula is C14H17N3O2. The van der Waals surface area contributed by atoms with Crippen LogP contribution in [0.1, 0.15) is 5.82 Å². The molecule has 19 heavy (non-hydrogen) atoms. The van der Waals surface area contributed by atoms with Gasteiger partial charge in [0.1, 0.15) is 11.6 Å². The Balaban J connectivity index is 1.88. The minimum Gasteiger partial charge on any atom is -0.497 e. The summed E-state index contributed by atoms with van der Waals surface area (Å²) in [7, 11) is 1.66. The third-order valence-corrected chi connectivity index (χ3v) is 3.63. The highest BCUT2D eigenvalue weighted by molar-refractivity contribution is 5.59. The highest BCUT2D eigenvalue weighted by atomic mass is 16.5. The van der Waals surface area contributed by atoms with E-state index < -0.39 is 0 Å². The van der Waals surface area contributed by atoms with Crippen molar-refractivity contribution in [1.82, 2.24) is 9.97 Å². The highest BCUT2D eigenvalue weighted by Gasteiger charge is 2.41. The summed E-state index contributed by atoms with van der Waals surface area (Å²) < 4.78 is 10.4. The molecule has 5 heteroatoms. The van der Waals surface area contributed by atoms with Crippen LogP contribution in [0.15, 0.2) is 30.5 Å². The maximum absolute atomic E-state index is 5.83. The molecule has 1 aliphatic rings. The molecule has 0 saturated carbocycles. The van der Waals surface area contributed by atoms with Gasteiger partial charge in [0.25, 0.3) is 0 Å². The van der Waals surface area contributed by atoms with Gasteiger partial charge in [-0.05, 0) is 29.8 Å². The molecule has 3 rings (SSSR count). The van der Waals surface area contributed by atoms with Gasteiger partial charge in [-0.3, -0.25) is 0 Å². The van der Waals surface area contributed by atoms with Gasteiger partial charge >= 0.3 is 0 Å². The number of nitrogens with zero attached hydrogens (tertiary/aromatic N) is 1. The SMILES string of the molecule is COc1ccc(-c2cnc(C3(CN)COC3)[nH]2)cc1. The molecule has 0 radical (unpaired) electrons. The summed E-state index contributed by atoms with van der Waals surface area (Å²) in [4.78, 5) is 7.80. The lowest BCUT2D eigenvalue weighted by atomic mass is 9.85. The number of nitrogens with one attached hydrogen (secondary N) is 1. The topological polar surface area (TPSA) is 73.2 Å². The molecule has 2 aromatic rings. The lowest BCUT2D eigenvalue weighted by Crippen LogP contribution is -2.52. The number of hydrogen-bond donors (Lipinski definition) is 2. The number of aromatic nitrogens is 2. The van der Waals surface area contributed by atoms with Gasteiger partial charge in [0.15, 0.2) is 0 Å². The van der Waals surface area contributed by atoms with Crippen LogP contribution in [-0.4, -0.2) is 36.8 Å². The van der Waals surface area contributed by atoms with Crippen molar-refractivity contribution >= 4 is 0 Å². The monoisotopic (exact) mass is 259 g/mol. The first kappa shape index (κ1) is 12.2. The number of imidazole rings is 1. The number of benzene rings is 1. The van der Waals surface area contributed by atoms with E-state index in [0.29, 0.717) is 19.8 Å². The van der Waals surface area contributed by atoms with Gasteiger partial charge in [0.05, 0.1) is 37.6 Å². The maximum Gasteiger partial charge on any atom is 0.118 e. The Morgan fingerprint density at radius 2 is 2.11 bits per heavy atom. The van der Waals surface area contributed by atoms with Crippen LogP contribution >= 0.6 is 0 Å². The fourth-order valence-corrected chi connectivity index (χ4v) is 2.21. The average molecular weight is 259 g/mol. The van der Waals surface area contributed by atoms with Gasteiger partial charge in [-0.1, -0.05) is 0 Å². The van der Waals surface area contributed by atoms with E-state index in [4.69, 9.17) is 15.2 Å². The molecule has 0 spiro atoms. The Bertz CT molecular complexity index is 553. The molecule has 1 fully saturated rings. The lowest BCUT2D eigenvalue weighted by molar-refractivity contribution is -0.0589. The van der Waals surface area contributed by atoms with Crippen molar-refractivity contribution in [3.8, 4) is 17.0 Å². The van der Waals surface area contributed by atoms with Crippen molar-refractivity contribution in [2.24, 2.45) is 5.73 Å². The fraction of sp³-hybridized carbons (Fsp3) is 0.357. The third kappa shape index (κ3) is 2.01. The van der Waals surface area contributed by atoms with E-state index in [2.05, 4.69) is 9.97 Å². The molecule has 0 atom stereocenters. The molecule has 1 aliphatic heterocycles. The Morgan fingerprint density at radius 1 is 1.37 bits per heavy atom. The van der Waals surface area contributed by atoms with Gasteiger partial charge < -0.3 is 20.2 Å². The second kappa shape index (κ2) is 4.68. The summed E-state index contributed by atoms with van der Waals surface area (Å²) in [6.45, 7) is 1.82. The van der Waals surface area contributed by atoms with Crippen LogP contribution in [-0.2, 0) is 10.2 Å². The summed E-state index contributed by atoms with van der Waals surface area (Å²) in [5, 5.41) is 0. The molecule has 0 amide bonds. The number of aromatic amines is 1. The summed E-state index contributed by atoms with van der Waals surface area (Å²) in [6.07, 6.45) is 1.84. The Hall–Kier alpha value is -1.85. The van der Waals surface area contributed by atoms with Crippen molar-refractivity contribution in [1.29, 1.82) is 0 Å². The fourth-order valence-electron chi connectivity index (χ4n) is 2.21. The van der Waals surface area contributed by atoms with E-state index >= 15 is 0 Å². The molecule has 3 N–H and O–H groups in total. The number of H-pyrrole nitrogens is 1. The summed E-state index contributed by atoms with van der Waals surface area (Å²) in [6, 6.07) is 7.87. The van der Waals surface area contributed by atoms with Crippen molar-refractivity contribution in [3.05, 3.63) is 36.3 Å². The molecule has 0 unspecified atom stereocenters. The summed E-state index contributed by atoms with van der Waals surface area (Å²) in [5.74, 6) is 1.75. The first-order valence-electron chi connectivity index (χ1n) is 6.25. The van der Waals surface area contributed by atoms with E-state index in [-0.39, 0.29) is 5.41 Å². The van der Waals surface area contributed by atoms with Crippen LogP contribution in [0.5, 0.6) is 5.75 Å². The highest BCUT2D eigenvalue weighted by Crippen LogP contribution is 2.31. The Kier molecular flexibility index (Phi) is 3.00. The molecule has 0 aliphatic carbocycles. The predicted molar refractivity (Wildman–Crippen MR) is 72.1 cm³/mol. The molecule has 1 aromatic carbocycles. The quantitative estimate of drug-likeness (QED) is 0.868. The van der Waals surface area contributed by atoms with E-state index in [1.807, 2.05) is 30.5 Å². The zero-order valence-corrected chi connectivity index (χ0v) is 10.8. The number of nitrogens with two attached hydrogens (primary N) is 1. The van der Waals surface area contributed by atoms with Crippen LogP contribution in [0.3, 0.4) is 0 Å². The minimum absolute atomic E-state index is 0.134. The zero-order chi connectivity index (χ0) is 13.3. The number of ether oxygens (including phenoxy) is 2. The van der Waals surface area contributed by atoms with E-state index in [1.165, 1.54) is 0 Å². The normalized spacial score (nSPS) is 16.9. The molecule has 0 bridgehead atoms. The van der Waals surface area contributed by atoms with Crippen molar-refractivity contribution in [3.63, 3.8) is 0 Å². The van der Waals surface area contributed by atoms with Crippen molar-refractivity contribution < 1.29 is 9.47 Å². The van der Waals surface area contributed by atoms with Gasteiger partial charge in [-0.15, -0.1) is 0 Å². The van der Waals surface area contributed by atoms with Gasteiger partial charge in [0.2, 0.25) is 0 Å². The Labute approximate surface area is 111 Å². The number of methoxy groups -OCH3 is 1. The molecule has 1 aromatic heterocycles. The van der Waals surface area contributed by atoms with Crippen molar-refractivity contribution in [2.75, 3.05) is 26.9 Å². The molecule has 5 nitrogen and oxygen atoms in total. The average Bonchev–Trinajstić information content (AvgIpc) is 2.88. The minimum atomic E-state index is -0.134. The van der Waals surface area contributed by atoms with E-state index in [1.54, 1.807) is 7.11 Å². The van der Waals surface area contributed by atoms with Crippen LogP contribution < -0.4 is 10.5 Å². The first-order valence-corrected chi connectivity index (χ1v) is 6.25. The molecule has 1 saturated heterocycles. The smallest absolute Gasteiger partial charge is 0.118 e. The zero-order valence-electron chi connectivity index (χ0n) is 10.8. The van der Waals surface area contributed by atoms with Crippen LogP contribution in [0, 0.1) is 0 Å². The molecular weight excluding hydrogens is 242 g/mol. The summed E-state index contributed by atoms with van der Waals surface area (Å²) in [5.41, 5.74) is 7.76. The second-order valence-electron chi connectivity index (χ2n) is 4.85. The lowest BCUT2D eigenvalue weighted by Gasteiger charge is -2.38. The summed E-state index contributed by atoms with van der Waals surface area (Å²) >= 11 is 0. The van der Waals surface area contributed by atoms with Gasteiger partial charge in [-0.25, -0.2) is 4.98 Å². The number of rotatable bonds is 4. The predicted octanol–water partition coefficient (Wildman–Crippen LogP) is 1.31. The standard InChI is InChI=1S/C14H17N3O2/c1-18-11-4-2-10(3-5-11)12-6-16-13(17-12)14(7-15)8-19-9-14/h2-6H,7-9,15H2,1H3,(H,16,17). The van der Waals surface area contributed by atoms with Crippen LogP contribution in [0.25, 0.3) is 11.3 Å². The number of hydrogen-bond acceptors (Lipinski definition) is 4. The van der Waals surface area contributed by atoms with Crippen LogP contribution in [0.2, 0.25) is 0 Å². The second-order valence-corrected chi connectivity index (χ2v) is 4.85. The maximum atomic E-state index is 5.83. The van der Waals surface area contributed by atoms with E-state index in [0.717, 1.165) is 22.8 Å².